The number of aliphatic hydroxyl groups is 2. The van der Waals surface area contributed by atoms with E-state index in [0.717, 1.165) is 22.1 Å². The van der Waals surface area contributed by atoms with Gasteiger partial charge in [0.25, 0.3) is 11.6 Å². The first-order chi connectivity index (χ1) is 10.7. The van der Waals surface area contributed by atoms with E-state index in [9.17, 15) is 10.2 Å². The van der Waals surface area contributed by atoms with Crippen LogP contribution in [-0.2, 0) is 0 Å². The van der Waals surface area contributed by atoms with Crippen molar-refractivity contribution in [1.29, 1.82) is 0 Å². The molecule has 6 heteroatoms. The molecule has 6 nitrogen and oxygen atoms in total. The quantitative estimate of drug-likeness (QED) is 0.454. The Hall–Kier alpha value is -2.70. The summed E-state index contributed by atoms with van der Waals surface area (Å²) < 4.78 is 0. The number of aliphatic hydroxyl groups excluding tert-OH is 2. The molecule has 22 heavy (non-hydrogen) atoms. The molecule has 110 valence electrons. The Labute approximate surface area is 125 Å². The van der Waals surface area contributed by atoms with Gasteiger partial charge in [0, 0.05) is 0 Å². The lowest BCUT2D eigenvalue weighted by atomic mass is 10.2. The van der Waals surface area contributed by atoms with Crippen LogP contribution in [0.1, 0.15) is 23.9 Å². The Kier molecular flexibility index (Phi) is 2.92. The number of aromatic nitrogens is 4. The molecule has 0 radical (unpaired) electrons. The maximum Gasteiger partial charge on any atom is 0.285 e. The highest BCUT2D eigenvalue weighted by Crippen LogP contribution is 2.24. The molecule has 0 aliphatic heterocycles. The Balaban J connectivity index is 1.70. The maximum absolute atomic E-state index is 10.4. The van der Waals surface area contributed by atoms with Gasteiger partial charge in [-0.3, -0.25) is 0 Å². The van der Waals surface area contributed by atoms with Crippen LogP contribution in [0, 0.1) is 0 Å². The van der Waals surface area contributed by atoms with E-state index < -0.39 is 12.2 Å². The summed E-state index contributed by atoms with van der Waals surface area (Å²) in [4.78, 5) is 12.3. The molecule has 0 aliphatic carbocycles. The van der Waals surface area contributed by atoms with E-state index in [1.807, 2.05) is 48.5 Å². The summed E-state index contributed by atoms with van der Waals surface area (Å²) in [6, 6.07) is 15.3. The molecule has 0 amide bonds. The first-order valence-corrected chi connectivity index (χ1v) is 7.08. The molecule has 0 saturated carbocycles. The minimum atomic E-state index is -1.10. The number of para-hydroxylation sites is 4. The molecule has 0 fully saturated rings. The van der Waals surface area contributed by atoms with Crippen LogP contribution in [0.15, 0.2) is 48.5 Å². The monoisotopic (exact) mass is 296 g/mol. The van der Waals surface area contributed by atoms with Gasteiger partial charge in [-0.25, -0.2) is 19.9 Å². The Bertz CT molecular complexity index is 799. The molecule has 4 aromatic rings. The van der Waals surface area contributed by atoms with Gasteiger partial charge < -0.3 is 10.2 Å². The van der Waals surface area contributed by atoms with Crippen LogP contribution in [0.5, 0.6) is 0 Å². The zero-order valence-electron chi connectivity index (χ0n) is 11.7. The fourth-order valence-electron chi connectivity index (χ4n) is 2.66. The summed E-state index contributed by atoms with van der Waals surface area (Å²) in [5.41, 5.74) is 3.52. The molecule has 0 aliphatic rings. The fraction of sp³-hybridized carbons (Fsp3) is 0.125. The van der Waals surface area contributed by atoms with Gasteiger partial charge in [0.05, 0.1) is 0 Å². The lowest BCUT2D eigenvalue weighted by molar-refractivity contribution is -0.389. The normalized spacial score (nSPS) is 14.5. The third kappa shape index (κ3) is 2.05. The number of rotatable bonds is 3. The SMILES string of the molecule is OC(c1[nH]c2ccccc2[nH+]1)C(O)c1[nH]c2ccccc2[nH+]1. The summed E-state index contributed by atoms with van der Waals surface area (Å²) in [5, 5.41) is 20.8. The molecule has 2 heterocycles. The predicted molar refractivity (Wildman–Crippen MR) is 79.6 cm³/mol. The predicted octanol–water partition coefficient (Wildman–Crippen LogP) is 1.04. The molecule has 0 spiro atoms. The number of imidazole rings is 2. The largest absolute Gasteiger partial charge is 0.378 e. The maximum atomic E-state index is 10.4. The number of benzene rings is 2. The van der Waals surface area contributed by atoms with Gasteiger partial charge in [0.15, 0.2) is 34.3 Å². The number of aromatic amines is 4. The van der Waals surface area contributed by atoms with Crippen LogP contribution in [0.3, 0.4) is 0 Å². The van der Waals surface area contributed by atoms with E-state index >= 15 is 0 Å². The minimum absolute atomic E-state index is 0.459. The standard InChI is InChI=1S/C16H14N4O2/c21-13(15-17-9-5-1-2-6-10(9)18-15)14(22)16-19-11-7-3-4-8-12(11)20-16/h1-8,13-14,21-22H,(H,17,18)(H,19,20)/p+2. The van der Waals surface area contributed by atoms with Crippen molar-refractivity contribution in [3.63, 3.8) is 0 Å². The molecule has 2 atom stereocenters. The number of H-pyrrole nitrogens is 4. The van der Waals surface area contributed by atoms with E-state index in [1.165, 1.54) is 0 Å². The van der Waals surface area contributed by atoms with Gasteiger partial charge in [-0.05, 0) is 24.3 Å². The van der Waals surface area contributed by atoms with Crippen molar-refractivity contribution >= 4 is 22.1 Å². The second-order valence-corrected chi connectivity index (χ2v) is 5.31. The van der Waals surface area contributed by atoms with Gasteiger partial charge >= 0.3 is 0 Å². The van der Waals surface area contributed by atoms with E-state index in [4.69, 9.17) is 0 Å². The highest BCUT2D eigenvalue weighted by atomic mass is 16.3. The summed E-state index contributed by atoms with van der Waals surface area (Å²) in [6.07, 6.45) is -2.20. The molecular weight excluding hydrogens is 280 g/mol. The fourth-order valence-corrected chi connectivity index (χ4v) is 2.66. The van der Waals surface area contributed by atoms with Crippen LogP contribution in [0.2, 0.25) is 0 Å². The number of hydrogen-bond donors (Lipinski definition) is 4. The van der Waals surface area contributed by atoms with Gasteiger partial charge in [0.1, 0.15) is 0 Å². The summed E-state index contributed by atoms with van der Waals surface area (Å²) in [6.45, 7) is 0. The zero-order chi connectivity index (χ0) is 15.1. The number of hydrogen-bond acceptors (Lipinski definition) is 2. The van der Waals surface area contributed by atoms with Gasteiger partial charge in [-0.2, -0.15) is 0 Å². The van der Waals surface area contributed by atoms with Gasteiger partial charge in [-0.15, -0.1) is 0 Å². The van der Waals surface area contributed by atoms with Crippen LogP contribution in [0.25, 0.3) is 22.1 Å². The minimum Gasteiger partial charge on any atom is -0.378 e. The van der Waals surface area contributed by atoms with Gasteiger partial charge in [-0.1, -0.05) is 24.3 Å². The average Bonchev–Trinajstić information content (AvgIpc) is 3.16. The number of fused-ring (bicyclic) bond motifs is 2. The van der Waals surface area contributed by atoms with Crippen molar-refractivity contribution in [2.24, 2.45) is 0 Å². The van der Waals surface area contributed by atoms with Crippen LogP contribution < -0.4 is 9.97 Å². The van der Waals surface area contributed by atoms with Crippen molar-refractivity contribution in [2.75, 3.05) is 0 Å². The summed E-state index contributed by atoms with van der Waals surface area (Å²) in [7, 11) is 0. The van der Waals surface area contributed by atoms with Crippen molar-refractivity contribution in [2.45, 2.75) is 12.2 Å². The molecule has 2 aromatic carbocycles. The summed E-state index contributed by atoms with van der Waals surface area (Å²) in [5.74, 6) is 0.918. The first kappa shape index (κ1) is 13.0. The van der Waals surface area contributed by atoms with Crippen LogP contribution in [0.4, 0.5) is 0 Å². The summed E-state index contributed by atoms with van der Waals surface area (Å²) >= 11 is 0. The Morgan fingerprint density at radius 3 is 1.50 bits per heavy atom. The molecular formula is C16H16N4O2+2. The van der Waals surface area contributed by atoms with E-state index in [0.29, 0.717) is 11.6 Å². The van der Waals surface area contributed by atoms with E-state index in [2.05, 4.69) is 19.9 Å². The number of nitrogens with one attached hydrogen (secondary N) is 4. The van der Waals surface area contributed by atoms with Crippen molar-refractivity contribution in [3.8, 4) is 0 Å². The van der Waals surface area contributed by atoms with Crippen molar-refractivity contribution < 1.29 is 20.2 Å². The Morgan fingerprint density at radius 2 is 1.09 bits per heavy atom. The lowest BCUT2D eigenvalue weighted by Gasteiger charge is -2.06. The lowest BCUT2D eigenvalue weighted by Crippen LogP contribution is -2.23. The third-order valence-corrected chi connectivity index (χ3v) is 3.82. The van der Waals surface area contributed by atoms with Crippen LogP contribution in [-0.4, -0.2) is 20.2 Å². The third-order valence-electron chi connectivity index (χ3n) is 3.82. The molecule has 2 unspecified atom stereocenters. The highest BCUT2D eigenvalue weighted by Gasteiger charge is 2.33. The van der Waals surface area contributed by atoms with E-state index in [-0.39, 0.29) is 0 Å². The average molecular weight is 296 g/mol. The molecule has 0 saturated heterocycles. The second kappa shape index (κ2) is 4.94. The molecule has 6 N–H and O–H groups in total. The second-order valence-electron chi connectivity index (χ2n) is 5.31. The highest BCUT2D eigenvalue weighted by molar-refractivity contribution is 5.71. The van der Waals surface area contributed by atoms with Crippen molar-refractivity contribution in [1.82, 2.24) is 9.97 Å². The zero-order valence-corrected chi connectivity index (χ0v) is 11.7. The first-order valence-electron chi connectivity index (χ1n) is 7.08. The van der Waals surface area contributed by atoms with Crippen molar-refractivity contribution in [3.05, 3.63) is 60.2 Å². The van der Waals surface area contributed by atoms with Gasteiger partial charge in [0.2, 0.25) is 0 Å². The van der Waals surface area contributed by atoms with E-state index in [1.54, 1.807) is 0 Å². The topological polar surface area (TPSA) is 100 Å². The Morgan fingerprint density at radius 1 is 0.682 bits per heavy atom. The van der Waals surface area contributed by atoms with Crippen LogP contribution >= 0.6 is 0 Å². The molecule has 0 bridgehead atoms. The smallest absolute Gasteiger partial charge is 0.285 e. The molecule has 2 aromatic heterocycles. The molecule has 4 rings (SSSR count).